The third-order valence-electron chi connectivity index (χ3n) is 3.83. The van der Waals surface area contributed by atoms with Gasteiger partial charge in [0.15, 0.2) is 0 Å². The number of nitrogens with zero attached hydrogens (tertiary/aromatic N) is 2. The molecule has 2 heterocycles. The second-order valence-corrected chi connectivity index (χ2v) is 5.15. The first kappa shape index (κ1) is 15.0. The molecule has 2 aromatic heterocycles. The van der Waals surface area contributed by atoms with Gasteiger partial charge in [-0.3, -0.25) is 14.8 Å². The number of hydrogen-bond acceptors (Lipinski definition) is 4. The van der Waals surface area contributed by atoms with Gasteiger partial charge in [0.2, 0.25) is 0 Å². The molecule has 1 aromatic carbocycles. The third-order valence-corrected chi connectivity index (χ3v) is 3.83. The Morgan fingerprint density at radius 3 is 2.65 bits per heavy atom. The number of nitrogens with one attached hydrogen (secondary N) is 2. The predicted octanol–water partition coefficient (Wildman–Crippen LogP) is 1.84. The van der Waals surface area contributed by atoms with Crippen molar-refractivity contribution < 1.29 is 10.0 Å². The lowest BCUT2D eigenvalue weighted by atomic mass is 10.1. The minimum Gasteiger partial charge on any atom is -0.346 e. The number of fused-ring (bicyclic) bond motifs is 1. The molecule has 0 saturated heterocycles. The first-order valence-corrected chi connectivity index (χ1v) is 7.21. The number of hydrogen-bond donors (Lipinski definition) is 3. The molecule has 0 spiro atoms. The Hall–Kier alpha value is -2.93. The molecule has 0 radical (unpaired) electrons. The Kier molecular flexibility index (Phi) is 3.71. The van der Waals surface area contributed by atoms with Crippen LogP contribution in [0.1, 0.15) is 23.0 Å². The third kappa shape index (κ3) is 2.31. The molecule has 0 fully saturated rings. The van der Waals surface area contributed by atoms with E-state index in [1.54, 1.807) is 12.4 Å². The summed E-state index contributed by atoms with van der Waals surface area (Å²) in [6.45, 7) is 3.95. The van der Waals surface area contributed by atoms with Crippen LogP contribution in [0.2, 0.25) is 0 Å². The minimum absolute atomic E-state index is 0.146. The van der Waals surface area contributed by atoms with Gasteiger partial charge >= 0.3 is 0 Å². The number of carbonyl (C=O) groups excluding carboxylic acids is 1. The Labute approximate surface area is 131 Å². The fourth-order valence-corrected chi connectivity index (χ4v) is 2.69. The van der Waals surface area contributed by atoms with Gasteiger partial charge in [0, 0.05) is 17.5 Å². The predicted molar refractivity (Wildman–Crippen MR) is 85.5 cm³/mol. The highest BCUT2D eigenvalue weighted by molar-refractivity contribution is 6.04. The smallest absolute Gasteiger partial charge is 0.291 e. The molecule has 7 heteroatoms. The van der Waals surface area contributed by atoms with Crippen LogP contribution in [-0.2, 0) is 6.54 Å². The topological polar surface area (TPSA) is 100 Å². The van der Waals surface area contributed by atoms with Crippen LogP contribution in [0, 0.1) is 6.92 Å². The van der Waals surface area contributed by atoms with Crippen molar-refractivity contribution >= 4 is 16.8 Å². The molecule has 0 saturated carbocycles. The van der Waals surface area contributed by atoms with E-state index in [-0.39, 0.29) is 11.3 Å². The van der Waals surface area contributed by atoms with E-state index >= 15 is 0 Å². The van der Waals surface area contributed by atoms with Crippen molar-refractivity contribution in [2.24, 2.45) is 0 Å². The largest absolute Gasteiger partial charge is 0.346 e. The van der Waals surface area contributed by atoms with Crippen LogP contribution < -0.4 is 11.0 Å². The number of rotatable bonds is 3. The quantitative estimate of drug-likeness (QED) is 0.507. The normalized spacial score (nSPS) is 10.9. The van der Waals surface area contributed by atoms with Gasteiger partial charge in [0.05, 0.1) is 0 Å². The van der Waals surface area contributed by atoms with Crippen LogP contribution >= 0.6 is 0 Å². The van der Waals surface area contributed by atoms with Crippen molar-refractivity contribution in [1.82, 2.24) is 20.2 Å². The maximum Gasteiger partial charge on any atom is 0.291 e. The summed E-state index contributed by atoms with van der Waals surface area (Å²) in [5.74, 6) is -0.694. The summed E-state index contributed by atoms with van der Waals surface area (Å²) >= 11 is 0. The van der Waals surface area contributed by atoms with Crippen LogP contribution in [-0.4, -0.2) is 25.9 Å². The average molecular weight is 312 g/mol. The summed E-state index contributed by atoms with van der Waals surface area (Å²) in [7, 11) is 0. The number of aromatic nitrogens is 3. The number of H-pyrrole nitrogens is 1. The standard InChI is InChI=1S/C16H16N4O3/c1-3-20-16(22)14-11(9(2)12(17-14)15(21)19-23)13(18-20)10-7-5-4-6-8-10/h4-8,17,23H,3H2,1-2H3,(H,19,21). The maximum atomic E-state index is 12.5. The summed E-state index contributed by atoms with van der Waals surface area (Å²) in [4.78, 5) is 27.1. The second kappa shape index (κ2) is 5.69. The molecule has 0 unspecified atom stereocenters. The Bertz CT molecular complexity index is 941. The first-order valence-electron chi connectivity index (χ1n) is 7.21. The summed E-state index contributed by atoms with van der Waals surface area (Å²) in [6, 6.07) is 9.45. The summed E-state index contributed by atoms with van der Waals surface area (Å²) in [5.41, 5.74) is 3.77. The Balaban J connectivity index is 2.44. The zero-order valence-electron chi connectivity index (χ0n) is 12.8. The zero-order chi connectivity index (χ0) is 16.6. The van der Waals surface area contributed by atoms with Crippen molar-refractivity contribution in [3.8, 4) is 11.3 Å². The van der Waals surface area contributed by atoms with Gasteiger partial charge in [-0.15, -0.1) is 0 Å². The van der Waals surface area contributed by atoms with Crippen LogP contribution in [0.25, 0.3) is 22.2 Å². The maximum absolute atomic E-state index is 12.5. The number of amides is 1. The van der Waals surface area contributed by atoms with Crippen molar-refractivity contribution in [3.63, 3.8) is 0 Å². The number of hydroxylamine groups is 1. The second-order valence-electron chi connectivity index (χ2n) is 5.15. The van der Waals surface area contributed by atoms with Crippen molar-refractivity contribution in [3.05, 3.63) is 51.9 Å². The van der Waals surface area contributed by atoms with Gasteiger partial charge < -0.3 is 4.98 Å². The van der Waals surface area contributed by atoms with Gasteiger partial charge in [0.1, 0.15) is 16.9 Å². The highest BCUT2D eigenvalue weighted by atomic mass is 16.5. The first-order chi connectivity index (χ1) is 11.1. The van der Waals surface area contributed by atoms with E-state index in [0.717, 1.165) is 5.56 Å². The fourth-order valence-electron chi connectivity index (χ4n) is 2.69. The SMILES string of the molecule is CCn1nc(-c2ccccc2)c2c(C)c(C(=O)NO)[nH]c2c1=O. The zero-order valence-corrected chi connectivity index (χ0v) is 12.8. The van der Waals surface area contributed by atoms with Crippen LogP contribution in [0.5, 0.6) is 0 Å². The molecule has 0 bridgehead atoms. The summed E-state index contributed by atoms with van der Waals surface area (Å²) in [6.07, 6.45) is 0. The Morgan fingerprint density at radius 1 is 1.35 bits per heavy atom. The van der Waals surface area contributed by atoms with Gasteiger partial charge in [-0.05, 0) is 19.4 Å². The van der Waals surface area contributed by atoms with Crippen molar-refractivity contribution in [1.29, 1.82) is 0 Å². The number of aryl methyl sites for hydroxylation is 2. The van der Waals surface area contributed by atoms with Gasteiger partial charge in [-0.2, -0.15) is 5.10 Å². The molecule has 3 rings (SSSR count). The molecule has 0 aliphatic carbocycles. The fraction of sp³-hybridized carbons (Fsp3) is 0.188. The van der Waals surface area contributed by atoms with Crippen molar-refractivity contribution in [2.75, 3.05) is 0 Å². The molecule has 23 heavy (non-hydrogen) atoms. The molecule has 1 amide bonds. The van der Waals surface area contributed by atoms with E-state index in [2.05, 4.69) is 10.1 Å². The van der Waals surface area contributed by atoms with E-state index in [1.807, 2.05) is 37.3 Å². The molecule has 3 aromatic rings. The lowest BCUT2D eigenvalue weighted by Crippen LogP contribution is -2.23. The van der Waals surface area contributed by atoms with E-state index in [4.69, 9.17) is 5.21 Å². The number of aromatic amines is 1. The molecular formula is C16H16N4O3. The van der Waals surface area contributed by atoms with Crippen LogP contribution in [0.4, 0.5) is 0 Å². The van der Waals surface area contributed by atoms with E-state index in [9.17, 15) is 9.59 Å². The van der Waals surface area contributed by atoms with E-state index in [1.165, 1.54) is 4.68 Å². The lowest BCUT2D eigenvalue weighted by Gasteiger charge is -2.08. The molecule has 3 N–H and O–H groups in total. The monoisotopic (exact) mass is 312 g/mol. The molecule has 7 nitrogen and oxygen atoms in total. The molecule has 0 atom stereocenters. The van der Waals surface area contributed by atoms with Crippen LogP contribution in [0.15, 0.2) is 35.1 Å². The average Bonchev–Trinajstić information content (AvgIpc) is 2.94. The van der Waals surface area contributed by atoms with E-state index in [0.29, 0.717) is 28.7 Å². The highest BCUT2D eigenvalue weighted by Crippen LogP contribution is 2.29. The highest BCUT2D eigenvalue weighted by Gasteiger charge is 2.21. The molecular weight excluding hydrogens is 296 g/mol. The van der Waals surface area contributed by atoms with Crippen LogP contribution in [0.3, 0.4) is 0 Å². The Morgan fingerprint density at radius 2 is 2.04 bits per heavy atom. The molecule has 0 aliphatic heterocycles. The summed E-state index contributed by atoms with van der Waals surface area (Å²) in [5, 5.41) is 13.9. The number of carbonyl (C=O) groups is 1. The summed E-state index contributed by atoms with van der Waals surface area (Å²) < 4.78 is 1.35. The molecule has 118 valence electrons. The van der Waals surface area contributed by atoms with Gasteiger partial charge in [-0.25, -0.2) is 10.2 Å². The van der Waals surface area contributed by atoms with Gasteiger partial charge in [0.25, 0.3) is 11.5 Å². The minimum atomic E-state index is -0.694. The number of benzene rings is 1. The van der Waals surface area contributed by atoms with Gasteiger partial charge in [-0.1, -0.05) is 30.3 Å². The molecule has 0 aliphatic rings. The lowest BCUT2D eigenvalue weighted by molar-refractivity contribution is 0.0701. The van der Waals surface area contributed by atoms with Crippen molar-refractivity contribution in [2.45, 2.75) is 20.4 Å². The van der Waals surface area contributed by atoms with E-state index < -0.39 is 5.91 Å².